The Balaban J connectivity index is 1.53. The molecule has 3 rings (SSSR count). The van der Waals surface area contributed by atoms with Crippen LogP contribution in [0.4, 0.5) is 0 Å². The van der Waals surface area contributed by atoms with Gasteiger partial charge >= 0.3 is 0 Å². The summed E-state index contributed by atoms with van der Waals surface area (Å²) >= 11 is 1.54. The van der Waals surface area contributed by atoms with Gasteiger partial charge in [-0.15, -0.1) is 11.3 Å². The summed E-state index contributed by atoms with van der Waals surface area (Å²) < 4.78 is 0. The molecule has 2 aliphatic heterocycles. The van der Waals surface area contributed by atoms with Crippen LogP contribution >= 0.6 is 11.3 Å². The molecule has 0 aliphatic carbocycles. The van der Waals surface area contributed by atoms with E-state index in [1.54, 1.807) is 0 Å². The van der Waals surface area contributed by atoms with Gasteiger partial charge in [0.25, 0.3) is 5.91 Å². The fourth-order valence-electron chi connectivity index (χ4n) is 3.12. The number of rotatable bonds is 2. The summed E-state index contributed by atoms with van der Waals surface area (Å²) in [4.78, 5) is 30.6. The number of hydrogen-bond donors (Lipinski definition) is 1. The van der Waals surface area contributed by atoms with Crippen LogP contribution in [0.25, 0.3) is 0 Å². The molecule has 2 amide bonds. The van der Waals surface area contributed by atoms with Crippen molar-refractivity contribution in [2.45, 2.75) is 32.2 Å². The summed E-state index contributed by atoms with van der Waals surface area (Å²) in [7, 11) is 0. The number of nitrogens with one attached hydrogen (secondary N) is 1. The maximum Gasteiger partial charge on any atom is 0.264 e. The molecular formula is C16H23N3O2S. The molecule has 0 saturated carbocycles. The standard InChI is InChI=1S/C16H23N3O2S/c1-12-5-6-14(22-12)16(21)19-10-8-18(9-11-19)15(20)13-4-2-3-7-17-13/h5-6,13,17H,2-4,7-11H2,1H3. The highest BCUT2D eigenvalue weighted by Gasteiger charge is 2.30. The molecule has 120 valence electrons. The van der Waals surface area contributed by atoms with Crippen molar-refractivity contribution in [3.05, 3.63) is 21.9 Å². The van der Waals surface area contributed by atoms with E-state index in [-0.39, 0.29) is 17.9 Å². The maximum absolute atomic E-state index is 12.5. The Labute approximate surface area is 135 Å². The monoisotopic (exact) mass is 321 g/mol. The zero-order valence-corrected chi connectivity index (χ0v) is 13.8. The Hall–Kier alpha value is -1.40. The number of nitrogens with zero attached hydrogens (tertiary/aromatic N) is 2. The Morgan fingerprint density at radius 2 is 1.86 bits per heavy atom. The summed E-state index contributed by atoms with van der Waals surface area (Å²) in [5, 5.41) is 3.31. The van der Waals surface area contributed by atoms with Gasteiger partial charge in [-0.2, -0.15) is 0 Å². The number of thiophene rings is 1. The van der Waals surface area contributed by atoms with Crippen molar-refractivity contribution in [1.82, 2.24) is 15.1 Å². The van der Waals surface area contributed by atoms with Crippen LogP contribution in [0, 0.1) is 6.92 Å². The van der Waals surface area contributed by atoms with Crippen LogP contribution in [0.5, 0.6) is 0 Å². The number of aryl methyl sites for hydroxylation is 1. The Morgan fingerprint density at radius 3 is 2.45 bits per heavy atom. The normalized spacial score (nSPS) is 22.7. The van der Waals surface area contributed by atoms with Crippen molar-refractivity contribution >= 4 is 23.2 Å². The summed E-state index contributed by atoms with van der Waals surface area (Å²) in [6.45, 7) is 5.50. The molecule has 2 aliphatic rings. The van der Waals surface area contributed by atoms with Crippen LogP contribution < -0.4 is 5.32 Å². The lowest BCUT2D eigenvalue weighted by Crippen LogP contribution is -2.55. The zero-order valence-electron chi connectivity index (χ0n) is 13.0. The highest BCUT2D eigenvalue weighted by molar-refractivity contribution is 7.13. The quantitative estimate of drug-likeness (QED) is 0.898. The predicted molar refractivity (Wildman–Crippen MR) is 87.2 cm³/mol. The first-order valence-electron chi connectivity index (χ1n) is 8.03. The van der Waals surface area contributed by atoms with Crippen LogP contribution in [-0.4, -0.2) is 60.4 Å². The Kier molecular flexibility index (Phi) is 4.78. The molecule has 2 fully saturated rings. The Bertz CT molecular complexity index is 543. The highest BCUT2D eigenvalue weighted by Crippen LogP contribution is 2.19. The molecule has 6 heteroatoms. The van der Waals surface area contributed by atoms with E-state index in [4.69, 9.17) is 0 Å². The molecule has 3 heterocycles. The van der Waals surface area contributed by atoms with Gasteiger partial charge in [0.05, 0.1) is 10.9 Å². The summed E-state index contributed by atoms with van der Waals surface area (Å²) in [5.74, 6) is 0.305. The highest BCUT2D eigenvalue weighted by atomic mass is 32.1. The van der Waals surface area contributed by atoms with E-state index in [1.165, 1.54) is 11.3 Å². The smallest absolute Gasteiger partial charge is 0.264 e. The van der Waals surface area contributed by atoms with Crippen molar-refractivity contribution in [3.8, 4) is 0 Å². The third-order valence-corrected chi connectivity index (χ3v) is 5.43. The first-order valence-corrected chi connectivity index (χ1v) is 8.84. The van der Waals surface area contributed by atoms with Gasteiger partial charge in [0.1, 0.15) is 0 Å². The summed E-state index contributed by atoms with van der Waals surface area (Å²) in [6, 6.07) is 3.86. The van der Waals surface area contributed by atoms with Gasteiger partial charge in [0.2, 0.25) is 5.91 Å². The molecule has 5 nitrogen and oxygen atoms in total. The SMILES string of the molecule is Cc1ccc(C(=O)N2CCN(C(=O)C3CCCCN3)CC2)s1. The average Bonchev–Trinajstić information content (AvgIpc) is 3.01. The Morgan fingerprint density at radius 1 is 1.14 bits per heavy atom. The summed E-state index contributed by atoms with van der Waals surface area (Å²) in [5.41, 5.74) is 0. The lowest BCUT2D eigenvalue weighted by Gasteiger charge is -2.37. The van der Waals surface area contributed by atoms with Gasteiger partial charge in [0, 0.05) is 31.1 Å². The second kappa shape index (κ2) is 6.79. The first kappa shape index (κ1) is 15.5. The number of carbonyl (C=O) groups is 2. The molecule has 0 spiro atoms. The van der Waals surface area contributed by atoms with Gasteiger partial charge in [-0.25, -0.2) is 0 Å². The molecule has 1 aromatic heterocycles. The number of piperazine rings is 1. The van der Waals surface area contributed by atoms with Gasteiger partial charge < -0.3 is 15.1 Å². The number of piperidine rings is 1. The molecule has 0 bridgehead atoms. The molecular weight excluding hydrogens is 298 g/mol. The van der Waals surface area contributed by atoms with Crippen molar-refractivity contribution in [1.29, 1.82) is 0 Å². The van der Waals surface area contributed by atoms with Crippen molar-refractivity contribution in [2.75, 3.05) is 32.7 Å². The van der Waals surface area contributed by atoms with Crippen molar-refractivity contribution in [3.63, 3.8) is 0 Å². The molecule has 22 heavy (non-hydrogen) atoms. The molecule has 0 radical (unpaired) electrons. The molecule has 1 atom stereocenters. The van der Waals surface area contributed by atoms with E-state index in [1.807, 2.05) is 28.9 Å². The van der Waals surface area contributed by atoms with Gasteiger partial charge in [0.15, 0.2) is 0 Å². The van der Waals surface area contributed by atoms with Crippen molar-refractivity contribution < 1.29 is 9.59 Å². The van der Waals surface area contributed by atoms with Gasteiger partial charge in [-0.05, 0) is 38.4 Å². The molecule has 1 N–H and O–H groups in total. The maximum atomic E-state index is 12.5. The minimum absolute atomic E-state index is 0.0176. The van der Waals surface area contributed by atoms with Crippen LogP contribution in [0.2, 0.25) is 0 Å². The average molecular weight is 321 g/mol. The third kappa shape index (κ3) is 3.33. The van der Waals surface area contributed by atoms with Crippen LogP contribution in [-0.2, 0) is 4.79 Å². The number of hydrogen-bond acceptors (Lipinski definition) is 4. The fraction of sp³-hybridized carbons (Fsp3) is 0.625. The molecule has 1 unspecified atom stereocenters. The largest absolute Gasteiger partial charge is 0.338 e. The van der Waals surface area contributed by atoms with E-state index >= 15 is 0 Å². The lowest BCUT2D eigenvalue weighted by atomic mass is 10.0. The minimum atomic E-state index is -0.0176. The van der Waals surface area contributed by atoms with Crippen LogP contribution in [0.1, 0.15) is 33.8 Å². The van der Waals surface area contributed by atoms with Crippen LogP contribution in [0.3, 0.4) is 0 Å². The summed E-state index contributed by atoms with van der Waals surface area (Å²) in [6.07, 6.45) is 3.22. The van der Waals surface area contributed by atoms with Crippen LogP contribution in [0.15, 0.2) is 12.1 Å². The van der Waals surface area contributed by atoms with E-state index in [9.17, 15) is 9.59 Å². The molecule has 2 saturated heterocycles. The van der Waals surface area contributed by atoms with E-state index < -0.39 is 0 Å². The van der Waals surface area contributed by atoms with Gasteiger partial charge in [-0.1, -0.05) is 6.42 Å². The molecule has 0 aromatic carbocycles. The zero-order chi connectivity index (χ0) is 15.5. The minimum Gasteiger partial charge on any atom is -0.338 e. The van der Waals surface area contributed by atoms with E-state index in [0.717, 1.165) is 35.6 Å². The third-order valence-electron chi connectivity index (χ3n) is 4.44. The number of carbonyl (C=O) groups excluding carboxylic acids is 2. The van der Waals surface area contributed by atoms with Crippen molar-refractivity contribution in [2.24, 2.45) is 0 Å². The van der Waals surface area contributed by atoms with E-state index in [2.05, 4.69) is 5.32 Å². The molecule has 1 aromatic rings. The number of amides is 2. The predicted octanol–water partition coefficient (Wildman–Crippen LogP) is 1.48. The fourth-order valence-corrected chi connectivity index (χ4v) is 3.95. The second-order valence-corrected chi connectivity index (χ2v) is 7.32. The second-order valence-electron chi connectivity index (χ2n) is 6.03. The van der Waals surface area contributed by atoms with Gasteiger partial charge in [-0.3, -0.25) is 9.59 Å². The first-order chi connectivity index (χ1) is 10.6. The van der Waals surface area contributed by atoms with E-state index in [0.29, 0.717) is 26.2 Å². The topological polar surface area (TPSA) is 52.7 Å². The lowest BCUT2D eigenvalue weighted by molar-refractivity contribution is -0.135.